The van der Waals surface area contributed by atoms with Crippen LogP contribution in [-0.2, 0) is 11.3 Å². The molecule has 3 N–H and O–H groups in total. The number of hydrogen-bond acceptors (Lipinski definition) is 4. The van der Waals surface area contributed by atoms with Crippen LogP contribution in [-0.4, -0.2) is 20.7 Å². The Hall–Kier alpha value is -2.99. The standard InChI is InChI=1S/C20H23N5O/c1-3-25-13-22-24-19(25)16-10-7-11-17(12-16)23-20(26)14(2)18(21)15-8-5-4-6-9-15/h4-14,18H,3,21H2,1-2H3,(H,23,26). The van der Waals surface area contributed by atoms with Gasteiger partial charge in [-0.25, -0.2) is 0 Å². The number of hydrogen-bond donors (Lipinski definition) is 2. The van der Waals surface area contributed by atoms with Crippen molar-refractivity contribution >= 4 is 11.6 Å². The molecule has 6 heteroatoms. The number of carbonyl (C=O) groups excluding carboxylic acids is 1. The summed E-state index contributed by atoms with van der Waals surface area (Å²) >= 11 is 0. The van der Waals surface area contributed by atoms with E-state index in [-0.39, 0.29) is 17.9 Å². The summed E-state index contributed by atoms with van der Waals surface area (Å²) in [6.45, 7) is 4.65. The van der Waals surface area contributed by atoms with E-state index in [1.165, 1.54) is 0 Å². The number of nitrogens with two attached hydrogens (primary N) is 1. The third kappa shape index (κ3) is 3.81. The maximum Gasteiger partial charge on any atom is 0.229 e. The predicted octanol–water partition coefficient (Wildman–Crippen LogP) is 3.24. The molecule has 0 spiro atoms. The highest BCUT2D eigenvalue weighted by atomic mass is 16.1. The number of amides is 1. The molecular weight excluding hydrogens is 326 g/mol. The van der Waals surface area contributed by atoms with Crippen LogP contribution in [0.3, 0.4) is 0 Å². The average molecular weight is 349 g/mol. The third-order valence-electron chi connectivity index (χ3n) is 4.48. The van der Waals surface area contributed by atoms with Crippen molar-refractivity contribution in [1.82, 2.24) is 14.8 Å². The highest BCUT2D eigenvalue weighted by molar-refractivity contribution is 5.93. The molecule has 0 bridgehead atoms. The minimum atomic E-state index is -0.361. The van der Waals surface area contributed by atoms with Crippen molar-refractivity contribution < 1.29 is 4.79 Å². The molecule has 1 amide bonds. The summed E-state index contributed by atoms with van der Waals surface area (Å²) in [4.78, 5) is 12.6. The maximum atomic E-state index is 12.6. The SMILES string of the molecule is CCn1cnnc1-c1cccc(NC(=O)C(C)C(N)c2ccccc2)c1. The van der Waals surface area contributed by atoms with Crippen LogP contribution in [0, 0.1) is 5.92 Å². The van der Waals surface area contributed by atoms with Gasteiger partial charge in [-0.1, -0.05) is 49.4 Å². The molecule has 0 saturated heterocycles. The van der Waals surface area contributed by atoms with Gasteiger partial charge in [0.2, 0.25) is 5.91 Å². The quantitative estimate of drug-likeness (QED) is 0.715. The Bertz CT molecular complexity index is 875. The largest absolute Gasteiger partial charge is 0.326 e. The lowest BCUT2D eigenvalue weighted by Gasteiger charge is -2.20. The highest BCUT2D eigenvalue weighted by Crippen LogP contribution is 2.23. The molecule has 3 aromatic rings. The molecule has 134 valence electrons. The smallest absolute Gasteiger partial charge is 0.229 e. The van der Waals surface area contributed by atoms with Crippen LogP contribution in [0.15, 0.2) is 60.9 Å². The zero-order valence-electron chi connectivity index (χ0n) is 15.0. The number of rotatable bonds is 6. The van der Waals surface area contributed by atoms with Crippen LogP contribution in [0.2, 0.25) is 0 Å². The Labute approximate surface area is 153 Å². The number of carbonyl (C=O) groups is 1. The second-order valence-corrected chi connectivity index (χ2v) is 6.24. The minimum Gasteiger partial charge on any atom is -0.326 e. The molecule has 3 rings (SSSR count). The van der Waals surface area contributed by atoms with Gasteiger partial charge in [-0.3, -0.25) is 4.79 Å². The van der Waals surface area contributed by atoms with Gasteiger partial charge in [-0.05, 0) is 24.6 Å². The Kier molecular flexibility index (Phi) is 5.43. The fourth-order valence-corrected chi connectivity index (χ4v) is 2.83. The molecule has 1 heterocycles. The van der Waals surface area contributed by atoms with Gasteiger partial charge in [0, 0.05) is 23.8 Å². The zero-order valence-corrected chi connectivity index (χ0v) is 15.0. The van der Waals surface area contributed by atoms with Crippen molar-refractivity contribution in [3.8, 4) is 11.4 Å². The van der Waals surface area contributed by atoms with Crippen molar-refractivity contribution in [3.63, 3.8) is 0 Å². The van der Waals surface area contributed by atoms with Gasteiger partial charge in [0.15, 0.2) is 5.82 Å². The van der Waals surface area contributed by atoms with Crippen LogP contribution in [0.1, 0.15) is 25.5 Å². The molecule has 0 aliphatic rings. The van der Waals surface area contributed by atoms with E-state index in [4.69, 9.17) is 5.73 Å². The van der Waals surface area contributed by atoms with E-state index in [0.717, 1.165) is 23.5 Å². The summed E-state index contributed by atoms with van der Waals surface area (Å²) in [7, 11) is 0. The Morgan fingerprint density at radius 1 is 1.19 bits per heavy atom. The van der Waals surface area contributed by atoms with Crippen LogP contribution in [0.25, 0.3) is 11.4 Å². The van der Waals surface area contributed by atoms with Crippen LogP contribution < -0.4 is 11.1 Å². The molecule has 0 saturated carbocycles. The van der Waals surface area contributed by atoms with Crippen molar-refractivity contribution in [3.05, 3.63) is 66.5 Å². The monoisotopic (exact) mass is 349 g/mol. The normalized spacial score (nSPS) is 13.2. The first-order chi connectivity index (χ1) is 12.6. The number of nitrogens with zero attached hydrogens (tertiary/aromatic N) is 3. The molecule has 2 aromatic carbocycles. The second kappa shape index (κ2) is 7.93. The molecule has 0 aliphatic heterocycles. The van der Waals surface area contributed by atoms with Gasteiger partial charge in [-0.2, -0.15) is 0 Å². The van der Waals surface area contributed by atoms with Crippen molar-refractivity contribution in [2.24, 2.45) is 11.7 Å². The van der Waals surface area contributed by atoms with Crippen molar-refractivity contribution in [1.29, 1.82) is 0 Å². The van der Waals surface area contributed by atoms with Gasteiger partial charge in [0.05, 0.1) is 5.92 Å². The fourth-order valence-electron chi connectivity index (χ4n) is 2.83. The van der Waals surface area contributed by atoms with Gasteiger partial charge in [-0.15, -0.1) is 10.2 Å². The number of anilines is 1. The van der Waals surface area contributed by atoms with Crippen LogP contribution in [0.5, 0.6) is 0 Å². The first-order valence-corrected chi connectivity index (χ1v) is 8.69. The summed E-state index contributed by atoms with van der Waals surface area (Å²) in [6.07, 6.45) is 1.70. The third-order valence-corrected chi connectivity index (χ3v) is 4.48. The van der Waals surface area contributed by atoms with E-state index in [9.17, 15) is 4.79 Å². The average Bonchev–Trinajstić information content (AvgIpc) is 3.16. The number of aromatic nitrogens is 3. The first kappa shape index (κ1) is 17.8. The number of aryl methyl sites for hydroxylation is 1. The van der Waals surface area contributed by atoms with E-state index in [1.807, 2.05) is 73.0 Å². The van der Waals surface area contributed by atoms with E-state index < -0.39 is 0 Å². The van der Waals surface area contributed by atoms with Crippen LogP contribution in [0.4, 0.5) is 5.69 Å². The Morgan fingerprint density at radius 3 is 2.69 bits per heavy atom. The summed E-state index contributed by atoms with van der Waals surface area (Å²) < 4.78 is 1.95. The lowest BCUT2D eigenvalue weighted by molar-refractivity contribution is -0.120. The molecular formula is C20H23N5O. The zero-order chi connectivity index (χ0) is 18.5. The lowest BCUT2D eigenvalue weighted by Crippen LogP contribution is -2.30. The maximum absolute atomic E-state index is 12.6. The summed E-state index contributed by atoms with van der Waals surface area (Å²) in [5.41, 5.74) is 8.82. The predicted molar refractivity (Wildman–Crippen MR) is 102 cm³/mol. The first-order valence-electron chi connectivity index (χ1n) is 8.69. The van der Waals surface area contributed by atoms with Gasteiger partial charge in [0.1, 0.15) is 6.33 Å². The second-order valence-electron chi connectivity index (χ2n) is 6.24. The molecule has 6 nitrogen and oxygen atoms in total. The summed E-state index contributed by atoms with van der Waals surface area (Å²) in [5, 5.41) is 11.1. The van der Waals surface area contributed by atoms with Crippen LogP contribution >= 0.6 is 0 Å². The van der Waals surface area contributed by atoms with Gasteiger partial charge >= 0.3 is 0 Å². The van der Waals surface area contributed by atoms with E-state index >= 15 is 0 Å². The Balaban J connectivity index is 1.74. The molecule has 0 radical (unpaired) electrons. The topological polar surface area (TPSA) is 85.8 Å². The summed E-state index contributed by atoms with van der Waals surface area (Å²) in [6, 6.07) is 16.9. The van der Waals surface area contributed by atoms with Crippen molar-refractivity contribution in [2.45, 2.75) is 26.4 Å². The fraction of sp³-hybridized carbons (Fsp3) is 0.250. The molecule has 2 atom stereocenters. The summed E-state index contributed by atoms with van der Waals surface area (Å²) in [5.74, 6) is 0.299. The molecule has 0 aliphatic carbocycles. The highest BCUT2D eigenvalue weighted by Gasteiger charge is 2.22. The minimum absolute atomic E-state index is 0.115. The van der Waals surface area contributed by atoms with E-state index in [0.29, 0.717) is 5.69 Å². The molecule has 2 unspecified atom stereocenters. The number of benzene rings is 2. The van der Waals surface area contributed by atoms with Gasteiger partial charge < -0.3 is 15.6 Å². The molecule has 1 aromatic heterocycles. The van der Waals surface area contributed by atoms with Crippen molar-refractivity contribution in [2.75, 3.05) is 5.32 Å². The molecule has 26 heavy (non-hydrogen) atoms. The Morgan fingerprint density at radius 2 is 1.96 bits per heavy atom. The van der Waals surface area contributed by atoms with E-state index in [2.05, 4.69) is 15.5 Å². The lowest BCUT2D eigenvalue weighted by atomic mass is 9.94. The van der Waals surface area contributed by atoms with Gasteiger partial charge in [0.25, 0.3) is 0 Å². The van der Waals surface area contributed by atoms with E-state index in [1.54, 1.807) is 6.33 Å². The number of nitrogens with one attached hydrogen (secondary N) is 1. The molecule has 0 fully saturated rings.